The second-order valence-electron chi connectivity index (χ2n) is 4.93. The summed E-state index contributed by atoms with van der Waals surface area (Å²) in [4.78, 5) is 0. The van der Waals surface area contributed by atoms with Crippen molar-refractivity contribution < 1.29 is 22.7 Å². The largest absolute Gasteiger partial charge is 0.380 e. The molecule has 5 nitrogen and oxygen atoms in total. The van der Waals surface area contributed by atoms with Crippen LogP contribution in [-0.2, 0) is 19.2 Å². The third-order valence-corrected chi connectivity index (χ3v) is 4.42. The van der Waals surface area contributed by atoms with Crippen LogP contribution in [0.5, 0.6) is 0 Å². The van der Waals surface area contributed by atoms with Gasteiger partial charge in [0.15, 0.2) is 0 Å². The third kappa shape index (κ3) is 10.3. The van der Waals surface area contributed by atoms with Gasteiger partial charge in [-0.05, 0) is 13.3 Å². The predicted octanol–water partition coefficient (Wildman–Crippen LogP) is 3.35. The molecule has 19 heavy (non-hydrogen) atoms. The van der Waals surface area contributed by atoms with Crippen molar-refractivity contribution in [2.24, 2.45) is 0 Å². The maximum atomic E-state index is 11.0. The molecule has 0 radical (unpaired) electrons. The number of hydrogen-bond acceptors (Lipinski definition) is 5. The van der Waals surface area contributed by atoms with E-state index in [1.165, 1.54) is 45.4 Å². The van der Waals surface area contributed by atoms with Crippen molar-refractivity contribution >= 4 is 10.1 Å². The van der Waals surface area contributed by atoms with Gasteiger partial charge in [0.25, 0.3) is 10.1 Å². The molecule has 0 aliphatic rings. The molecule has 0 saturated carbocycles. The molecule has 0 fully saturated rings. The van der Waals surface area contributed by atoms with Crippen LogP contribution in [0.25, 0.3) is 0 Å². The minimum Gasteiger partial charge on any atom is -0.380 e. The fraction of sp³-hybridized carbons (Fsp3) is 1.00. The van der Waals surface area contributed by atoms with Crippen LogP contribution in [0, 0.1) is 0 Å². The molecule has 0 rings (SSSR count). The van der Waals surface area contributed by atoms with E-state index in [2.05, 4.69) is 11.3 Å². The summed E-state index contributed by atoms with van der Waals surface area (Å²) in [6, 6.07) is 0. The summed E-state index contributed by atoms with van der Waals surface area (Å²) in [6.45, 7) is 4.26. The van der Waals surface area contributed by atoms with Gasteiger partial charge in [0.2, 0.25) is 0 Å². The predicted molar refractivity (Wildman–Crippen MR) is 75.5 cm³/mol. The highest BCUT2D eigenvalue weighted by atomic mass is 32.2. The molecule has 1 N–H and O–H groups in total. The minimum absolute atomic E-state index is 0.0550. The average molecular weight is 296 g/mol. The highest BCUT2D eigenvalue weighted by Gasteiger charge is 2.21. The SMILES string of the molecule is CCCCCCCCCCOCC(C)S(=O)(=O)OO. The summed E-state index contributed by atoms with van der Waals surface area (Å²) < 4.78 is 30.8. The Morgan fingerprint density at radius 2 is 1.53 bits per heavy atom. The molecular weight excluding hydrogens is 268 g/mol. The van der Waals surface area contributed by atoms with E-state index < -0.39 is 15.4 Å². The first-order valence-corrected chi connectivity index (χ1v) is 8.66. The Hall–Kier alpha value is -0.170. The lowest BCUT2D eigenvalue weighted by atomic mass is 10.1. The van der Waals surface area contributed by atoms with Gasteiger partial charge in [0.05, 0.1) is 6.61 Å². The fourth-order valence-electron chi connectivity index (χ4n) is 1.74. The molecule has 0 bridgehead atoms. The molecular formula is C13H28O5S. The lowest BCUT2D eigenvalue weighted by Gasteiger charge is -2.10. The van der Waals surface area contributed by atoms with Gasteiger partial charge in [-0.1, -0.05) is 51.9 Å². The van der Waals surface area contributed by atoms with Gasteiger partial charge in [-0.15, -0.1) is 4.33 Å². The Kier molecular flexibility index (Phi) is 11.5. The molecule has 0 aliphatic heterocycles. The first kappa shape index (κ1) is 18.8. The van der Waals surface area contributed by atoms with Crippen LogP contribution in [0.3, 0.4) is 0 Å². The average Bonchev–Trinajstić information content (AvgIpc) is 2.40. The summed E-state index contributed by atoms with van der Waals surface area (Å²) in [6.07, 6.45) is 9.75. The quantitative estimate of drug-likeness (QED) is 0.320. The molecule has 116 valence electrons. The van der Waals surface area contributed by atoms with Gasteiger partial charge in [-0.25, -0.2) is 5.26 Å². The number of rotatable bonds is 13. The zero-order valence-electron chi connectivity index (χ0n) is 12.1. The van der Waals surface area contributed by atoms with E-state index in [1.54, 1.807) is 0 Å². The number of unbranched alkanes of at least 4 members (excludes halogenated alkanes) is 7. The second-order valence-corrected chi connectivity index (χ2v) is 6.87. The van der Waals surface area contributed by atoms with Crippen LogP contribution < -0.4 is 0 Å². The van der Waals surface area contributed by atoms with E-state index in [-0.39, 0.29) is 6.61 Å². The van der Waals surface area contributed by atoms with Crippen molar-refractivity contribution in [3.63, 3.8) is 0 Å². The monoisotopic (exact) mass is 296 g/mol. The fourth-order valence-corrected chi connectivity index (χ4v) is 2.15. The van der Waals surface area contributed by atoms with Crippen LogP contribution in [0.1, 0.15) is 65.2 Å². The standard InChI is InChI=1S/C13H28O5S/c1-3-4-5-6-7-8-9-10-11-17-12-13(2)19(15,16)18-14/h13-14H,3-12H2,1-2H3. The summed E-state index contributed by atoms with van der Waals surface area (Å²) >= 11 is 0. The van der Waals surface area contributed by atoms with Crippen molar-refractivity contribution in [3.05, 3.63) is 0 Å². The minimum atomic E-state index is -3.88. The molecule has 1 atom stereocenters. The maximum Gasteiger partial charge on any atom is 0.298 e. The Morgan fingerprint density at radius 1 is 1.00 bits per heavy atom. The number of ether oxygens (including phenoxy) is 1. The topological polar surface area (TPSA) is 72.8 Å². The Balaban J connectivity index is 3.32. The molecule has 0 amide bonds. The van der Waals surface area contributed by atoms with Crippen LogP contribution in [-0.4, -0.2) is 32.1 Å². The molecule has 0 aliphatic carbocycles. The van der Waals surface area contributed by atoms with E-state index in [0.29, 0.717) is 6.61 Å². The molecule has 0 aromatic heterocycles. The normalized spacial score (nSPS) is 13.6. The van der Waals surface area contributed by atoms with Crippen molar-refractivity contribution in [1.82, 2.24) is 0 Å². The Morgan fingerprint density at radius 3 is 2.05 bits per heavy atom. The number of hydrogen-bond donors (Lipinski definition) is 1. The van der Waals surface area contributed by atoms with Gasteiger partial charge in [-0.2, -0.15) is 8.42 Å². The lowest BCUT2D eigenvalue weighted by Crippen LogP contribution is -2.24. The molecule has 0 aromatic carbocycles. The van der Waals surface area contributed by atoms with E-state index in [0.717, 1.165) is 12.8 Å². The van der Waals surface area contributed by atoms with Gasteiger partial charge >= 0.3 is 0 Å². The summed E-state index contributed by atoms with van der Waals surface area (Å²) in [5, 5.41) is 7.34. The first-order chi connectivity index (χ1) is 9.04. The van der Waals surface area contributed by atoms with Gasteiger partial charge < -0.3 is 4.74 Å². The van der Waals surface area contributed by atoms with Crippen LogP contribution in [0.15, 0.2) is 0 Å². The zero-order chi connectivity index (χ0) is 14.6. The van der Waals surface area contributed by atoms with E-state index in [9.17, 15) is 8.42 Å². The van der Waals surface area contributed by atoms with Crippen molar-refractivity contribution in [3.8, 4) is 0 Å². The van der Waals surface area contributed by atoms with E-state index in [4.69, 9.17) is 9.99 Å². The van der Waals surface area contributed by atoms with Crippen molar-refractivity contribution in [1.29, 1.82) is 0 Å². The smallest absolute Gasteiger partial charge is 0.298 e. The molecule has 0 saturated heterocycles. The van der Waals surface area contributed by atoms with Crippen LogP contribution >= 0.6 is 0 Å². The highest BCUT2D eigenvalue weighted by Crippen LogP contribution is 2.09. The Labute approximate surface area is 117 Å². The molecule has 6 heteroatoms. The molecule has 1 unspecified atom stereocenters. The summed E-state index contributed by atoms with van der Waals surface area (Å²) in [5.74, 6) is 0. The first-order valence-electron chi connectivity index (χ1n) is 7.19. The lowest BCUT2D eigenvalue weighted by molar-refractivity contribution is -0.132. The van der Waals surface area contributed by atoms with Crippen LogP contribution in [0.4, 0.5) is 0 Å². The maximum absolute atomic E-state index is 11.0. The highest BCUT2D eigenvalue weighted by molar-refractivity contribution is 7.87. The molecule has 0 spiro atoms. The molecule has 0 heterocycles. The Bertz CT molecular complexity index is 289. The van der Waals surface area contributed by atoms with Crippen molar-refractivity contribution in [2.45, 2.75) is 70.5 Å². The summed E-state index contributed by atoms with van der Waals surface area (Å²) in [5.41, 5.74) is 0. The third-order valence-electron chi connectivity index (χ3n) is 3.09. The summed E-state index contributed by atoms with van der Waals surface area (Å²) in [7, 11) is -3.88. The second kappa shape index (κ2) is 11.6. The van der Waals surface area contributed by atoms with Gasteiger partial charge in [0, 0.05) is 6.61 Å². The van der Waals surface area contributed by atoms with Crippen LogP contribution in [0.2, 0.25) is 0 Å². The zero-order valence-corrected chi connectivity index (χ0v) is 13.0. The molecule has 0 aromatic rings. The van der Waals surface area contributed by atoms with Gasteiger partial charge in [-0.3, -0.25) is 0 Å². The van der Waals surface area contributed by atoms with E-state index >= 15 is 0 Å². The van der Waals surface area contributed by atoms with Gasteiger partial charge in [0.1, 0.15) is 5.25 Å². The van der Waals surface area contributed by atoms with Crippen molar-refractivity contribution in [2.75, 3.05) is 13.2 Å². The van der Waals surface area contributed by atoms with E-state index in [1.807, 2.05) is 0 Å².